The van der Waals surface area contributed by atoms with Gasteiger partial charge in [0.2, 0.25) is 5.91 Å². The molecule has 1 amide bonds. The molecule has 0 radical (unpaired) electrons. The molecule has 1 fully saturated rings. The van der Waals surface area contributed by atoms with Crippen LogP contribution >= 0.6 is 0 Å². The highest BCUT2D eigenvalue weighted by Crippen LogP contribution is 2.39. The summed E-state index contributed by atoms with van der Waals surface area (Å²) >= 11 is 0. The molecular formula is C18H19NO5. The van der Waals surface area contributed by atoms with Crippen molar-refractivity contribution in [3.63, 3.8) is 0 Å². The molecule has 0 N–H and O–H groups in total. The molecule has 24 heavy (non-hydrogen) atoms. The van der Waals surface area contributed by atoms with Crippen LogP contribution in [0.25, 0.3) is 6.08 Å². The Morgan fingerprint density at radius 3 is 2.83 bits per heavy atom. The van der Waals surface area contributed by atoms with Crippen molar-refractivity contribution in [3.05, 3.63) is 35.4 Å². The van der Waals surface area contributed by atoms with Gasteiger partial charge in [-0.1, -0.05) is 6.07 Å². The molecule has 1 aromatic rings. The minimum atomic E-state index is -0.612. The molecule has 126 valence electrons. The van der Waals surface area contributed by atoms with Crippen molar-refractivity contribution in [1.29, 1.82) is 0 Å². The number of likely N-dealkylation sites (tertiary alicyclic amines) is 1. The smallest absolute Gasteiger partial charge is 0.330 e. The maximum Gasteiger partial charge on any atom is 0.330 e. The highest BCUT2D eigenvalue weighted by molar-refractivity contribution is 6.01. The molecular weight excluding hydrogens is 310 g/mol. The lowest BCUT2D eigenvalue weighted by molar-refractivity contribution is -0.134. The van der Waals surface area contributed by atoms with Gasteiger partial charge in [0.25, 0.3) is 0 Å². The molecule has 3 rings (SSSR count). The van der Waals surface area contributed by atoms with Crippen molar-refractivity contribution in [2.45, 2.75) is 25.4 Å². The molecule has 0 bridgehead atoms. The summed E-state index contributed by atoms with van der Waals surface area (Å²) in [6.07, 6.45) is 3.81. The summed E-state index contributed by atoms with van der Waals surface area (Å²) in [5.41, 5.74) is 0.622. The van der Waals surface area contributed by atoms with Crippen molar-refractivity contribution in [1.82, 2.24) is 4.90 Å². The Labute approximate surface area is 140 Å². The third-order valence-electron chi connectivity index (χ3n) is 4.49. The van der Waals surface area contributed by atoms with Crippen LogP contribution in [0, 0.1) is 0 Å². The second-order valence-corrected chi connectivity index (χ2v) is 6.19. The van der Waals surface area contributed by atoms with Gasteiger partial charge in [-0.3, -0.25) is 9.59 Å². The highest BCUT2D eigenvalue weighted by atomic mass is 16.5. The predicted molar refractivity (Wildman–Crippen MR) is 86.7 cm³/mol. The van der Waals surface area contributed by atoms with Crippen molar-refractivity contribution in [2.75, 3.05) is 20.2 Å². The van der Waals surface area contributed by atoms with Crippen LogP contribution in [0.4, 0.5) is 0 Å². The van der Waals surface area contributed by atoms with E-state index < -0.39 is 11.6 Å². The molecule has 2 aliphatic heterocycles. The summed E-state index contributed by atoms with van der Waals surface area (Å²) in [4.78, 5) is 37.0. The number of esters is 1. The molecule has 0 aliphatic carbocycles. The van der Waals surface area contributed by atoms with Crippen LogP contribution in [0.1, 0.15) is 35.7 Å². The number of benzene rings is 1. The summed E-state index contributed by atoms with van der Waals surface area (Å²) in [5.74, 6) is 0.0726. The molecule has 0 saturated carbocycles. The first-order valence-corrected chi connectivity index (χ1v) is 7.80. The molecule has 1 unspecified atom stereocenters. The van der Waals surface area contributed by atoms with Gasteiger partial charge in [0.05, 0.1) is 25.6 Å². The second-order valence-electron chi connectivity index (χ2n) is 6.19. The van der Waals surface area contributed by atoms with Gasteiger partial charge in [0.1, 0.15) is 11.4 Å². The number of carbonyl (C=O) groups is 3. The number of hydrogen-bond acceptors (Lipinski definition) is 5. The molecule has 1 aromatic carbocycles. The van der Waals surface area contributed by atoms with Gasteiger partial charge in [-0.15, -0.1) is 0 Å². The van der Waals surface area contributed by atoms with E-state index in [0.29, 0.717) is 30.8 Å². The molecule has 2 aliphatic rings. The van der Waals surface area contributed by atoms with E-state index in [1.54, 1.807) is 29.2 Å². The maximum atomic E-state index is 12.6. The van der Waals surface area contributed by atoms with E-state index >= 15 is 0 Å². The quantitative estimate of drug-likeness (QED) is 0.611. The number of rotatable bonds is 2. The van der Waals surface area contributed by atoms with Gasteiger partial charge in [-0.25, -0.2) is 4.79 Å². The van der Waals surface area contributed by atoms with E-state index in [1.807, 2.05) is 0 Å². The average molecular weight is 329 g/mol. The number of fused-ring (bicyclic) bond motifs is 1. The number of methoxy groups -OCH3 is 1. The number of amides is 1. The molecule has 1 atom stereocenters. The largest absolute Gasteiger partial charge is 0.484 e. The molecule has 1 saturated heterocycles. The number of Topliss-reactive ketones (excluding diaryl/α,β-unsaturated/α-hetero) is 1. The summed E-state index contributed by atoms with van der Waals surface area (Å²) in [5, 5.41) is 0. The average Bonchev–Trinajstić information content (AvgIpc) is 2.96. The second kappa shape index (κ2) is 6.11. The Hall–Kier alpha value is -2.63. The van der Waals surface area contributed by atoms with E-state index in [2.05, 4.69) is 4.74 Å². The minimum absolute atomic E-state index is 0.00276. The lowest BCUT2D eigenvalue weighted by atomic mass is 9.88. The van der Waals surface area contributed by atoms with E-state index in [9.17, 15) is 14.4 Å². The lowest BCUT2D eigenvalue weighted by Gasteiger charge is -2.34. The van der Waals surface area contributed by atoms with Crippen molar-refractivity contribution in [2.24, 2.45) is 0 Å². The van der Waals surface area contributed by atoms with Crippen LogP contribution in [0.3, 0.4) is 0 Å². The Kier molecular flexibility index (Phi) is 4.13. The first-order chi connectivity index (χ1) is 11.4. The standard InChI is InChI=1S/C18H19NO5/c1-12(20)19-8-7-18(11-19)10-15(21)14-9-13(3-5-16(14)24-18)4-6-17(22)23-2/h3-6,9H,7-8,10-11H2,1-2H3/b6-4+. The van der Waals surface area contributed by atoms with Crippen LogP contribution in [0.5, 0.6) is 5.75 Å². The Morgan fingerprint density at radius 1 is 1.38 bits per heavy atom. The molecule has 1 spiro atoms. The van der Waals surface area contributed by atoms with Crippen molar-refractivity contribution >= 4 is 23.7 Å². The summed E-state index contributed by atoms with van der Waals surface area (Å²) in [6.45, 7) is 2.58. The van der Waals surface area contributed by atoms with Gasteiger partial charge >= 0.3 is 5.97 Å². The zero-order valence-corrected chi connectivity index (χ0v) is 13.7. The molecule has 6 nitrogen and oxygen atoms in total. The normalized spacial score (nSPS) is 22.6. The fourth-order valence-corrected chi connectivity index (χ4v) is 3.19. The van der Waals surface area contributed by atoms with E-state index in [4.69, 9.17) is 4.74 Å². The van der Waals surface area contributed by atoms with E-state index in [0.717, 1.165) is 5.56 Å². The van der Waals surface area contributed by atoms with Gasteiger partial charge in [0, 0.05) is 26.0 Å². The van der Waals surface area contributed by atoms with Gasteiger partial charge < -0.3 is 14.4 Å². The van der Waals surface area contributed by atoms with E-state index in [1.165, 1.54) is 20.1 Å². The zero-order chi connectivity index (χ0) is 17.3. The topological polar surface area (TPSA) is 72.9 Å². The van der Waals surface area contributed by atoms with Crippen LogP contribution in [0.15, 0.2) is 24.3 Å². The van der Waals surface area contributed by atoms with Crippen molar-refractivity contribution in [3.8, 4) is 5.75 Å². The van der Waals surface area contributed by atoms with Gasteiger partial charge in [-0.05, 0) is 23.8 Å². The monoisotopic (exact) mass is 329 g/mol. The fourth-order valence-electron chi connectivity index (χ4n) is 3.19. The first-order valence-electron chi connectivity index (χ1n) is 7.80. The number of ketones is 1. The Balaban J connectivity index is 1.83. The maximum absolute atomic E-state index is 12.6. The lowest BCUT2D eigenvalue weighted by Crippen LogP contribution is -2.45. The Bertz CT molecular complexity index is 739. The fraction of sp³-hybridized carbons (Fsp3) is 0.389. The number of carbonyl (C=O) groups excluding carboxylic acids is 3. The molecule has 2 heterocycles. The summed E-state index contributed by atoms with van der Waals surface area (Å²) in [7, 11) is 1.31. The Morgan fingerprint density at radius 2 is 2.17 bits per heavy atom. The zero-order valence-electron chi connectivity index (χ0n) is 13.7. The van der Waals surface area contributed by atoms with Crippen LogP contribution in [-0.4, -0.2) is 48.4 Å². The van der Waals surface area contributed by atoms with Crippen LogP contribution in [0.2, 0.25) is 0 Å². The van der Waals surface area contributed by atoms with Crippen LogP contribution < -0.4 is 4.74 Å². The summed E-state index contributed by atoms with van der Waals surface area (Å²) < 4.78 is 10.7. The third-order valence-corrected chi connectivity index (χ3v) is 4.49. The third kappa shape index (κ3) is 3.04. The summed E-state index contributed by atoms with van der Waals surface area (Å²) in [6, 6.07) is 5.23. The van der Waals surface area contributed by atoms with Crippen LogP contribution in [-0.2, 0) is 14.3 Å². The highest BCUT2D eigenvalue weighted by Gasteiger charge is 2.46. The number of ether oxygens (including phenoxy) is 2. The van der Waals surface area contributed by atoms with E-state index in [-0.39, 0.29) is 18.1 Å². The molecule has 0 aromatic heterocycles. The number of hydrogen-bond donors (Lipinski definition) is 0. The first kappa shape index (κ1) is 16.2. The SMILES string of the molecule is COC(=O)/C=C/c1ccc2c(c1)C(=O)CC1(CCN(C(C)=O)C1)O2. The van der Waals surface area contributed by atoms with Crippen molar-refractivity contribution < 1.29 is 23.9 Å². The van der Waals surface area contributed by atoms with Gasteiger partial charge in [-0.2, -0.15) is 0 Å². The van der Waals surface area contributed by atoms with Gasteiger partial charge in [0.15, 0.2) is 5.78 Å². The molecule has 6 heteroatoms. The predicted octanol–water partition coefficient (Wildman–Crippen LogP) is 1.83. The number of nitrogens with zero attached hydrogens (tertiary/aromatic N) is 1. The minimum Gasteiger partial charge on any atom is -0.484 e.